The highest BCUT2D eigenvalue weighted by Crippen LogP contribution is 2.48. The van der Waals surface area contributed by atoms with E-state index in [4.69, 9.17) is 0 Å². The third-order valence-electron chi connectivity index (χ3n) is 2.75. The van der Waals surface area contributed by atoms with Gasteiger partial charge in [0.25, 0.3) is 15.9 Å². The van der Waals surface area contributed by atoms with Crippen molar-refractivity contribution in [3.8, 4) is 0 Å². The molecule has 0 heterocycles. The normalized spacial score (nSPS) is 20.9. The number of nitrogens with one attached hydrogen (secondary N) is 1. The Labute approximate surface area is 107 Å². The minimum Gasteiger partial charge on any atom is -0.273 e. The number of benzene rings is 1. The van der Waals surface area contributed by atoms with Crippen LogP contribution in [0.2, 0.25) is 0 Å². The number of hydrogen-bond acceptors (Lipinski definition) is 3. The van der Waals surface area contributed by atoms with Crippen LogP contribution in [0, 0.1) is 18.7 Å². The molecule has 0 aliphatic heterocycles. The second kappa shape index (κ2) is 4.22. The van der Waals surface area contributed by atoms with Crippen molar-refractivity contribution >= 4 is 15.9 Å². The Morgan fingerprint density at radius 2 is 2.00 bits per heavy atom. The molecule has 0 aromatic heterocycles. The largest absolute Gasteiger partial charge is 0.273 e. The summed E-state index contributed by atoms with van der Waals surface area (Å²) in [6, 6.07) is 3.30. The summed E-state index contributed by atoms with van der Waals surface area (Å²) in [5.41, 5.74) is 0.497. The molecular weight excluding hydrogens is 283 g/mol. The molecule has 1 unspecified atom stereocenters. The molecule has 0 bridgehead atoms. The SMILES string of the molecule is Cc1ccc(S(=O)(=O)NC(=O)C2CC2(F)F)c(F)c1. The minimum absolute atomic E-state index is 0.497. The molecule has 1 N–H and O–H groups in total. The molecule has 1 amide bonds. The van der Waals surface area contributed by atoms with Gasteiger partial charge in [0.05, 0.1) is 0 Å². The zero-order chi connectivity index (χ0) is 14.4. The molecule has 1 atom stereocenters. The van der Waals surface area contributed by atoms with E-state index in [0.717, 1.165) is 12.1 Å². The summed E-state index contributed by atoms with van der Waals surface area (Å²) in [5, 5.41) is 0. The van der Waals surface area contributed by atoms with Gasteiger partial charge in [0, 0.05) is 6.42 Å². The Kier molecular flexibility index (Phi) is 3.08. The van der Waals surface area contributed by atoms with Crippen molar-refractivity contribution in [1.29, 1.82) is 0 Å². The number of amides is 1. The molecule has 4 nitrogen and oxygen atoms in total. The highest BCUT2D eigenvalue weighted by atomic mass is 32.2. The van der Waals surface area contributed by atoms with Crippen molar-refractivity contribution in [2.45, 2.75) is 24.2 Å². The van der Waals surface area contributed by atoms with E-state index in [1.807, 2.05) is 0 Å². The number of hydrogen-bond donors (Lipinski definition) is 1. The number of carbonyl (C=O) groups excluding carboxylic acids is 1. The molecule has 104 valence electrons. The van der Waals surface area contributed by atoms with E-state index in [0.29, 0.717) is 5.56 Å². The zero-order valence-corrected chi connectivity index (χ0v) is 10.6. The van der Waals surface area contributed by atoms with Gasteiger partial charge in [-0.1, -0.05) is 6.07 Å². The van der Waals surface area contributed by atoms with E-state index in [2.05, 4.69) is 0 Å². The van der Waals surface area contributed by atoms with Gasteiger partial charge in [-0.05, 0) is 24.6 Å². The van der Waals surface area contributed by atoms with Crippen LogP contribution >= 0.6 is 0 Å². The van der Waals surface area contributed by atoms with Gasteiger partial charge in [-0.2, -0.15) is 0 Å². The number of halogens is 3. The van der Waals surface area contributed by atoms with Gasteiger partial charge < -0.3 is 0 Å². The molecule has 19 heavy (non-hydrogen) atoms. The second-order valence-corrected chi connectivity index (χ2v) is 6.07. The van der Waals surface area contributed by atoms with Crippen molar-refractivity contribution in [2.75, 3.05) is 0 Å². The van der Waals surface area contributed by atoms with Crippen molar-refractivity contribution in [1.82, 2.24) is 4.72 Å². The Hall–Kier alpha value is -1.57. The van der Waals surface area contributed by atoms with Crippen LogP contribution in [0.1, 0.15) is 12.0 Å². The first kappa shape index (κ1) is 13.9. The van der Waals surface area contributed by atoms with E-state index < -0.39 is 44.9 Å². The van der Waals surface area contributed by atoms with E-state index >= 15 is 0 Å². The van der Waals surface area contributed by atoms with Crippen molar-refractivity contribution in [3.63, 3.8) is 0 Å². The van der Waals surface area contributed by atoms with Crippen molar-refractivity contribution in [2.24, 2.45) is 5.92 Å². The van der Waals surface area contributed by atoms with Crippen LogP contribution in [0.15, 0.2) is 23.1 Å². The van der Waals surface area contributed by atoms with Crippen LogP contribution in [-0.4, -0.2) is 20.2 Å². The maximum absolute atomic E-state index is 13.5. The Morgan fingerprint density at radius 1 is 1.42 bits per heavy atom. The average molecular weight is 293 g/mol. The van der Waals surface area contributed by atoms with Gasteiger partial charge in [-0.3, -0.25) is 4.79 Å². The highest BCUT2D eigenvalue weighted by molar-refractivity contribution is 7.90. The Balaban J connectivity index is 2.21. The van der Waals surface area contributed by atoms with Crippen molar-refractivity contribution < 1.29 is 26.4 Å². The fourth-order valence-corrected chi connectivity index (χ4v) is 2.66. The van der Waals surface area contributed by atoms with Crippen LogP contribution in [0.4, 0.5) is 13.2 Å². The summed E-state index contributed by atoms with van der Waals surface area (Å²) in [7, 11) is -4.47. The highest BCUT2D eigenvalue weighted by Gasteiger charge is 2.61. The fraction of sp³-hybridized carbons (Fsp3) is 0.364. The van der Waals surface area contributed by atoms with Gasteiger partial charge in [0.15, 0.2) is 0 Å². The monoisotopic (exact) mass is 293 g/mol. The van der Waals surface area contributed by atoms with E-state index in [1.165, 1.54) is 10.8 Å². The summed E-state index contributed by atoms with van der Waals surface area (Å²) in [4.78, 5) is 10.6. The number of carbonyl (C=O) groups is 1. The van der Waals surface area contributed by atoms with Crippen LogP contribution in [0.25, 0.3) is 0 Å². The maximum atomic E-state index is 13.5. The van der Waals surface area contributed by atoms with Gasteiger partial charge in [0.2, 0.25) is 5.91 Å². The van der Waals surface area contributed by atoms with Gasteiger partial charge in [0.1, 0.15) is 16.6 Å². The summed E-state index contributed by atoms with van der Waals surface area (Å²) >= 11 is 0. The molecular formula is C11H10F3NO3S. The lowest BCUT2D eigenvalue weighted by molar-refractivity contribution is -0.122. The summed E-state index contributed by atoms with van der Waals surface area (Å²) < 4.78 is 63.6. The van der Waals surface area contributed by atoms with Crippen LogP contribution in [0.3, 0.4) is 0 Å². The molecule has 0 saturated heterocycles. The minimum atomic E-state index is -4.47. The topological polar surface area (TPSA) is 63.2 Å². The average Bonchev–Trinajstić information content (AvgIpc) is 2.86. The third-order valence-corrected chi connectivity index (χ3v) is 4.13. The predicted molar refractivity (Wildman–Crippen MR) is 59.5 cm³/mol. The molecule has 1 aromatic rings. The lowest BCUT2D eigenvalue weighted by Gasteiger charge is -2.07. The molecule has 1 saturated carbocycles. The standard InChI is InChI=1S/C11H10F3NO3S/c1-6-2-3-9(8(12)4-6)19(17,18)15-10(16)7-5-11(7,13)14/h2-4,7H,5H2,1H3,(H,15,16). The summed E-state index contributed by atoms with van der Waals surface area (Å²) in [6.45, 7) is 1.56. The smallest absolute Gasteiger partial charge is 0.266 e. The van der Waals surface area contributed by atoms with Crippen LogP contribution < -0.4 is 4.72 Å². The first-order valence-corrected chi connectivity index (χ1v) is 6.82. The molecule has 8 heteroatoms. The molecule has 0 radical (unpaired) electrons. The Morgan fingerprint density at radius 3 is 2.47 bits per heavy atom. The van der Waals surface area contributed by atoms with E-state index in [1.54, 1.807) is 6.92 Å². The first-order chi connectivity index (χ1) is 8.63. The van der Waals surface area contributed by atoms with Gasteiger partial charge in [-0.15, -0.1) is 0 Å². The van der Waals surface area contributed by atoms with Crippen molar-refractivity contribution in [3.05, 3.63) is 29.6 Å². The maximum Gasteiger partial charge on any atom is 0.266 e. The van der Waals surface area contributed by atoms with E-state index in [9.17, 15) is 26.4 Å². The zero-order valence-electron chi connectivity index (χ0n) is 9.78. The van der Waals surface area contributed by atoms with Crippen LogP contribution in [-0.2, 0) is 14.8 Å². The quantitative estimate of drug-likeness (QED) is 0.920. The predicted octanol–water partition coefficient (Wildman–Crippen LogP) is 1.59. The lowest BCUT2D eigenvalue weighted by atomic mass is 10.2. The summed E-state index contributed by atoms with van der Waals surface area (Å²) in [5.74, 6) is -7.19. The molecule has 1 aliphatic carbocycles. The second-order valence-electron chi connectivity index (χ2n) is 4.42. The first-order valence-electron chi connectivity index (χ1n) is 5.34. The summed E-state index contributed by atoms with van der Waals surface area (Å²) in [6.07, 6.45) is -0.690. The molecule has 1 aromatic carbocycles. The van der Waals surface area contributed by atoms with Crippen LogP contribution in [0.5, 0.6) is 0 Å². The molecule has 2 rings (SSSR count). The van der Waals surface area contributed by atoms with Gasteiger partial charge in [-0.25, -0.2) is 26.3 Å². The molecule has 1 fully saturated rings. The number of sulfonamides is 1. The fourth-order valence-electron chi connectivity index (χ4n) is 1.58. The van der Waals surface area contributed by atoms with Gasteiger partial charge >= 0.3 is 0 Å². The van der Waals surface area contributed by atoms with E-state index in [-0.39, 0.29) is 0 Å². The third kappa shape index (κ3) is 2.73. The number of aryl methyl sites for hydroxylation is 1. The number of alkyl halides is 2. The Bertz CT molecular complexity index is 643. The molecule has 1 aliphatic rings. The number of rotatable bonds is 3. The lowest BCUT2D eigenvalue weighted by Crippen LogP contribution is -2.33. The molecule has 0 spiro atoms.